The Labute approximate surface area is 150 Å². The summed E-state index contributed by atoms with van der Waals surface area (Å²) in [6.45, 7) is 0.737. The van der Waals surface area contributed by atoms with Crippen LogP contribution >= 0.6 is 22.9 Å². The molecule has 0 bridgehead atoms. The minimum Gasteiger partial charge on any atom is -0.354 e. The van der Waals surface area contributed by atoms with Crippen LogP contribution < -0.4 is 5.73 Å². The van der Waals surface area contributed by atoms with Crippen molar-refractivity contribution in [2.75, 3.05) is 6.54 Å². The molecule has 0 saturated heterocycles. The Kier molecular flexibility index (Phi) is 4.31. The molecular weight excluding hydrogens is 336 g/mol. The summed E-state index contributed by atoms with van der Waals surface area (Å²) in [5.41, 5.74) is 9.41. The molecular formula is C20H19ClN2S. The summed E-state index contributed by atoms with van der Waals surface area (Å²) in [7, 11) is 0. The monoisotopic (exact) mass is 354 g/mol. The minimum absolute atomic E-state index is 0.737. The number of nitrogens with two attached hydrogens (primary N) is 1. The van der Waals surface area contributed by atoms with E-state index in [0.29, 0.717) is 0 Å². The molecule has 0 unspecified atom stereocenters. The zero-order chi connectivity index (χ0) is 16.5. The zero-order valence-corrected chi connectivity index (χ0v) is 14.9. The number of unbranched alkanes of at least 4 members (excludes halogenated alkanes) is 1. The molecule has 0 aliphatic carbocycles. The normalized spacial score (nSPS) is 11.6. The molecule has 3 N–H and O–H groups in total. The van der Waals surface area contributed by atoms with Gasteiger partial charge in [0.25, 0.3) is 0 Å². The molecule has 4 rings (SSSR count). The minimum atomic E-state index is 0.737. The number of halogens is 1. The van der Waals surface area contributed by atoms with E-state index in [1.54, 1.807) is 0 Å². The molecule has 0 spiro atoms. The van der Waals surface area contributed by atoms with Crippen LogP contribution in [0, 0.1) is 0 Å². The second kappa shape index (κ2) is 6.60. The van der Waals surface area contributed by atoms with Crippen LogP contribution in [-0.4, -0.2) is 11.5 Å². The van der Waals surface area contributed by atoms with Crippen molar-refractivity contribution < 1.29 is 0 Å². The summed E-state index contributed by atoms with van der Waals surface area (Å²) in [6.07, 6.45) is 3.15. The average Bonchev–Trinajstić information content (AvgIpc) is 3.16. The molecule has 0 amide bonds. The fraction of sp³-hybridized carbons (Fsp3) is 0.200. The largest absolute Gasteiger partial charge is 0.354 e. The van der Waals surface area contributed by atoms with Gasteiger partial charge < -0.3 is 10.7 Å². The second-order valence-electron chi connectivity index (χ2n) is 6.06. The Morgan fingerprint density at radius 2 is 1.92 bits per heavy atom. The maximum Gasteiger partial charge on any atom is 0.0599 e. The van der Waals surface area contributed by atoms with E-state index in [2.05, 4.69) is 47.4 Å². The highest BCUT2D eigenvalue weighted by Crippen LogP contribution is 2.38. The number of thiophene rings is 1. The molecule has 2 aromatic heterocycles. The number of hydrogen-bond acceptors (Lipinski definition) is 2. The number of fused-ring (bicyclic) bond motifs is 2. The van der Waals surface area contributed by atoms with Crippen LogP contribution in [0.2, 0.25) is 5.02 Å². The molecule has 0 aliphatic heterocycles. The molecule has 0 radical (unpaired) electrons. The highest BCUT2D eigenvalue weighted by molar-refractivity contribution is 7.22. The van der Waals surface area contributed by atoms with Gasteiger partial charge in [0.05, 0.1) is 10.6 Å². The summed E-state index contributed by atoms with van der Waals surface area (Å²) >= 11 is 8.07. The molecule has 2 heterocycles. The van der Waals surface area contributed by atoms with Crippen molar-refractivity contribution in [3.63, 3.8) is 0 Å². The number of hydrogen-bond donors (Lipinski definition) is 2. The second-order valence-corrected chi connectivity index (χ2v) is 7.58. The fourth-order valence-electron chi connectivity index (χ4n) is 3.24. The summed E-state index contributed by atoms with van der Waals surface area (Å²) < 4.78 is 1.32. The molecule has 0 aliphatic rings. The van der Waals surface area contributed by atoms with E-state index in [4.69, 9.17) is 17.3 Å². The first-order valence-electron chi connectivity index (χ1n) is 8.25. The summed E-state index contributed by atoms with van der Waals surface area (Å²) in [5, 5.41) is 3.30. The first kappa shape index (κ1) is 15.7. The molecule has 0 fully saturated rings. The lowest BCUT2D eigenvalue weighted by Gasteiger charge is -2.03. The predicted molar refractivity (Wildman–Crippen MR) is 106 cm³/mol. The molecule has 4 aromatic rings. The Morgan fingerprint density at radius 1 is 1.04 bits per heavy atom. The van der Waals surface area contributed by atoms with Gasteiger partial charge in [0, 0.05) is 20.6 Å². The smallest absolute Gasteiger partial charge is 0.0599 e. The van der Waals surface area contributed by atoms with Gasteiger partial charge in [0.1, 0.15) is 0 Å². The summed E-state index contributed by atoms with van der Waals surface area (Å²) in [4.78, 5) is 4.90. The van der Waals surface area contributed by atoms with Gasteiger partial charge in [-0.3, -0.25) is 0 Å². The van der Waals surface area contributed by atoms with Crippen LogP contribution in [0.25, 0.3) is 31.6 Å². The highest BCUT2D eigenvalue weighted by atomic mass is 35.5. The van der Waals surface area contributed by atoms with Gasteiger partial charge in [0.2, 0.25) is 0 Å². The molecule has 0 atom stereocenters. The van der Waals surface area contributed by atoms with E-state index in [9.17, 15) is 0 Å². The SMILES string of the molecule is NCCCCc1c(-c2cc3ccccc3s2)[nH]c2ccc(Cl)cc12. The van der Waals surface area contributed by atoms with E-state index < -0.39 is 0 Å². The van der Waals surface area contributed by atoms with Crippen molar-refractivity contribution in [2.24, 2.45) is 5.73 Å². The third kappa shape index (κ3) is 2.84. The van der Waals surface area contributed by atoms with Gasteiger partial charge in [-0.2, -0.15) is 0 Å². The van der Waals surface area contributed by atoms with Crippen LogP contribution in [0.3, 0.4) is 0 Å². The Morgan fingerprint density at radius 3 is 2.75 bits per heavy atom. The fourth-order valence-corrected chi connectivity index (χ4v) is 4.50. The van der Waals surface area contributed by atoms with Crippen molar-refractivity contribution in [3.8, 4) is 10.6 Å². The quantitative estimate of drug-likeness (QED) is 0.425. The van der Waals surface area contributed by atoms with Crippen molar-refractivity contribution in [1.82, 2.24) is 4.98 Å². The topological polar surface area (TPSA) is 41.8 Å². The third-order valence-corrected chi connectivity index (χ3v) is 5.79. The van der Waals surface area contributed by atoms with Crippen molar-refractivity contribution in [2.45, 2.75) is 19.3 Å². The number of benzene rings is 2. The lowest BCUT2D eigenvalue weighted by atomic mass is 10.0. The van der Waals surface area contributed by atoms with Gasteiger partial charge in [-0.1, -0.05) is 29.8 Å². The van der Waals surface area contributed by atoms with E-state index in [0.717, 1.165) is 36.3 Å². The van der Waals surface area contributed by atoms with Crippen LogP contribution in [-0.2, 0) is 6.42 Å². The summed E-state index contributed by atoms with van der Waals surface area (Å²) in [5.74, 6) is 0. The molecule has 2 aromatic carbocycles. The first-order valence-corrected chi connectivity index (χ1v) is 9.45. The van der Waals surface area contributed by atoms with Gasteiger partial charge in [-0.25, -0.2) is 0 Å². The van der Waals surface area contributed by atoms with Gasteiger partial charge >= 0.3 is 0 Å². The first-order chi connectivity index (χ1) is 11.8. The highest BCUT2D eigenvalue weighted by Gasteiger charge is 2.15. The van der Waals surface area contributed by atoms with E-state index in [-0.39, 0.29) is 0 Å². The standard InChI is InChI=1S/C20H19ClN2S/c21-14-8-9-17-16(12-14)15(6-3-4-10-22)20(23-17)19-11-13-5-1-2-7-18(13)24-19/h1-2,5,7-9,11-12,23H,3-4,6,10,22H2. The van der Waals surface area contributed by atoms with Gasteiger partial charge in [0.15, 0.2) is 0 Å². The van der Waals surface area contributed by atoms with Crippen LogP contribution in [0.4, 0.5) is 0 Å². The predicted octanol–water partition coefficient (Wildman–Crippen LogP) is 5.98. The van der Waals surface area contributed by atoms with Crippen LogP contribution in [0.5, 0.6) is 0 Å². The van der Waals surface area contributed by atoms with Crippen molar-refractivity contribution in [1.29, 1.82) is 0 Å². The zero-order valence-electron chi connectivity index (χ0n) is 13.3. The Bertz CT molecular complexity index is 966. The Balaban J connectivity index is 1.87. The van der Waals surface area contributed by atoms with E-state index in [1.165, 1.54) is 31.6 Å². The Hall–Kier alpha value is -1.81. The average molecular weight is 355 g/mol. The third-order valence-electron chi connectivity index (χ3n) is 4.42. The number of aryl methyl sites for hydroxylation is 1. The molecule has 122 valence electrons. The van der Waals surface area contributed by atoms with E-state index in [1.807, 2.05) is 17.4 Å². The van der Waals surface area contributed by atoms with Crippen LogP contribution in [0.15, 0.2) is 48.5 Å². The summed E-state index contributed by atoms with van der Waals surface area (Å²) in [6, 6.07) is 16.9. The van der Waals surface area contributed by atoms with E-state index >= 15 is 0 Å². The number of H-pyrrole nitrogens is 1. The van der Waals surface area contributed by atoms with Crippen molar-refractivity contribution in [3.05, 3.63) is 59.1 Å². The lowest BCUT2D eigenvalue weighted by Crippen LogP contribution is -1.99. The van der Waals surface area contributed by atoms with Gasteiger partial charge in [-0.15, -0.1) is 11.3 Å². The lowest BCUT2D eigenvalue weighted by molar-refractivity contribution is 0.748. The van der Waals surface area contributed by atoms with Crippen LogP contribution in [0.1, 0.15) is 18.4 Å². The maximum absolute atomic E-state index is 6.24. The molecule has 2 nitrogen and oxygen atoms in total. The number of aromatic amines is 1. The number of nitrogens with one attached hydrogen (secondary N) is 1. The van der Waals surface area contributed by atoms with Crippen molar-refractivity contribution >= 4 is 43.9 Å². The van der Waals surface area contributed by atoms with Gasteiger partial charge in [-0.05, 0) is 67.1 Å². The number of rotatable bonds is 5. The molecule has 24 heavy (non-hydrogen) atoms. The number of aromatic nitrogens is 1. The molecule has 0 saturated carbocycles. The maximum atomic E-state index is 6.24. The molecule has 4 heteroatoms.